The van der Waals surface area contributed by atoms with Gasteiger partial charge in [-0.15, -0.1) is 0 Å². The van der Waals surface area contributed by atoms with E-state index in [9.17, 15) is 31.5 Å². The number of carbonyl (C=O) groups excluding carboxylic acids is 2. The van der Waals surface area contributed by atoms with Gasteiger partial charge in [0, 0.05) is 30.4 Å². The maximum atomic E-state index is 14.7. The lowest BCUT2D eigenvalue weighted by Crippen LogP contribution is -2.47. The Kier molecular flexibility index (Phi) is 5.83. The first-order valence-electron chi connectivity index (χ1n) is 8.51. The van der Waals surface area contributed by atoms with Crippen molar-refractivity contribution in [2.24, 2.45) is 0 Å². The van der Waals surface area contributed by atoms with Crippen molar-refractivity contribution in [2.45, 2.75) is 5.92 Å². The fourth-order valence-corrected chi connectivity index (χ4v) is 2.76. The van der Waals surface area contributed by atoms with Crippen molar-refractivity contribution in [1.82, 2.24) is 4.90 Å². The zero-order valence-corrected chi connectivity index (χ0v) is 14.9. The molecule has 2 aromatic rings. The van der Waals surface area contributed by atoms with Crippen molar-refractivity contribution >= 4 is 17.5 Å². The molecule has 1 fully saturated rings. The summed E-state index contributed by atoms with van der Waals surface area (Å²) in [4.78, 5) is 25.3. The van der Waals surface area contributed by atoms with Gasteiger partial charge in [-0.2, -0.15) is 8.78 Å². The third-order valence-corrected chi connectivity index (χ3v) is 4.31. The van der Waals surface area contributed by atoms with Crippen LogP contribution < -0.4 is 5.32 Å². The number of ether oxygens (including phenoxy) is 1. The number of nitrogens with zero attached hydrogens (tertiary/aromatic N) is 1. The van der Waals surface area contributed by atoms with E-state index in [-0.39, 0.29) is 37.6 Å². The Morgan fingerprint density at radius 2 is 1.59 bits per heavy atom. The molecule has 0 saturated carbocycles. The van der Waals surface area contributed by atoms with Crippen LogP contribution in [0.1, 0.15) is 15.9 Å². The summed E-state index contributed by atoms with van der Waals surface area (Å²) in [6.07, 6.45) is 0. The summed E-state index contributed by atoms with van der Waals surface area (Å²) >= 11 is 0. The minimum absolute atomic E-state index is 0.0631. The van der Waals surface area contributed by atoms with Crippen LogP contribution in [0.2, 0.25) is 0 Å². The van der Waals surface area contributed by atoms with E-state index in [2.05, 4.69) is 5.32 Å². The van der Waals surface area contributed by atoms with Crippen LogP contribution in [-0.4, -0.2) is 43.0 Å². The van der Waals surface area contributed by atoms with Crippen molar-refractivity contribution in [1.29, 1.82) is 0 Å². The highest BCUT2D eigenvalue weighted by molar-refractivity contribution is 6.04. The van der Waals surface area contributed by atoms with Crippen LogP contribution in [0, 0.1) is 17.5 Å². The van der Waals surface area contributed by atoms with Gasteiger partial charge < -0.3 is 15.0 Å². The lowest BCUT2D eigenvalue weighted by molar-refractivity contribution is -0.163. The van der Waals surface area contributed by atoms with E-state index in [1.54, 1.807) is 0 Å². The van der Waals surface area contributed by atoms with E-state index in [0.29, 0.717) is 18.2 Å². The zero-order chi connectivity index (χ0) is 21.2. The van der Waals surface area contributed by atoms with Gasteiger partial charge in [-0.3, -0.25) is 9.59 Å². The molecule has 0 radical (unpaired) electrons. The Morgan fingerprint density at radius 3 is 2.24 bits per heavy atom. The number of halogens is 5. The molecule has 1 aliphatic heterocycles. The molecular formula is C19H15F5N2O3. The summed E-state index contributed by atoms with van der Waals surface area (Å²) in [5.74, 6) is -10.5. The number of benzene rings is 2. The number of carbonyl (C=O) groups is 2. The largest absolute Gasteiger partial charge is 0.378 e. The molecule has 0 aromatic heterocycles. The van der Waals surface area contributed by atoms with Crippen molar-refractivity contribution in [3.05, 3.63) is 65.0 Å². The van der Waals surface area contributed by atoms with Gasteiger partial charge in [-0.25, -0.2) is 13.2 Å². The Balaban J connectivity index is 1.85. The molecule has 2 amide bonds. The number of nitrogens with one attached hydrogen (secondary N) is 1. The van der Waals surface area contributed by atoms with E-state index >= 15 is 0 Å². The van der Waals surface area contributed by atoms with Crippen molar-refractivity contribution in [2.75, 3.05) is 31.6 Å². The molecular weight excluding hydrogens is 399 g/mol. The first-order valence-corrected chi connectivity index (χ1v) is 8.51. The lowest BCUT2D eigenvalue weighted by Gasteiger charge is -2.30. The number of rotatable bonds is 4. The topological polar surface area (TPSA) is 58.6 Å². The molecule has 3 rings (SSSR count). The predicted molar refractivity (Wildman–Crippen MR) is 92.0 cm³/mol. The van der Waals surface area contributed by atoms with Crippen molar-refractivity contribution in [3.63, 3.8) is 0 Å². The molecule has 29 heavy (non-hydrogen) atoms. The Hall–Kier alpha value is -3.01. The smallest absolute Gasteiger partial charge is 0.352 e. The molecule has 154 valence electrons. The predicted octanol–water partition coefficient (Wildman–Crippen LogP) is 3.31. The van der Waals surface area contributed by atoms with Gasteiger partial charge >= 0.3 is 5.92 Å². The lowest BCUT2D eigenvalue weighted by atomic mass is 10.0. The second kappa shape index (κ2) is 8.16. The third kappa shape index (κ3) is 4.37. The van der Waals surface area contributed by atoms with Crippen LogP contribution in [0.15, 0.2) is 36.4 Å². The second-order valence-corrected chi connectivity index (χ2v) is 6.26. The number of amides is 2. The molecule has 0 unspecified atom stereocenters. The van der Waals surface area contributed by atoms with E-state index in [0.717, 1.165) is 23.1 Å². The van der Waals surface area contributed by atoms with Gasteiger partial charge in [-0.05, 0) is 30.3 Å². The minimum Gasteiger partial charge on any atom is -0.378 e. The fourth-order valence-electron chi connectivity index (χ4n) is 2.76. The molecule has 10 heteroatoms. The van der Waals surface area contributed by atoms with Gasteiger partial charge in [0.05, 0.1) is 18.8 Å². The van der Waals surface area contributed by atoms with Crippen LogP contribution >= 0.6 is 0 Å². The maximum Gasteiger partial charge on any atom is 0.352 e. The quantitative estimate of drug-likeness (QED) is 0.782. The van der Waals surface area contributed by atoms with E-state index in [4.69, 9.17) is 4.74 Å². The zero-order valence-electron chi connectivity index (χ0n) is 14.9. The number of anilines is 1. The summed E-state index contributed by atoms with van der Waals surface area (Å²) in [6.45, 7) is 0.0423. The molecule has 2 aromatic carbocycles. The van der Waals surface area contributed by atoms with E-state index < -0.39 is 40.8 Å². The highest BCUT2D eigenvalue weighted by atomic mass is 19.3. The second-order valence-electron chi connectivity index (χ2n) is 6.26. The SMILES string of the molecule is O=C(Nc1ccc(F)c(F)c1)c1ccc(F)c(C(F)(F)C(=O)N2CCOCC2)c1. The summed E-state index contributed by atoms with van der Waals surface area (Å²) in [5.41, 5.74) is -1.77. The molecule has 0 atom stereocenters. The van der Waals surface area contributed by atoms with Gasteiger partial charge in [0.2, 0.25) is 0 Å². The maximum absolute atomic E-state index is 14.7. The van der Waals surface area contributed by atoms with Gasteiger partial charge in [-0.1, -0.05) is 0 Å². The number of hydrogen-bond donors (Lipinski definition) is 1. The normalized spacial score (nSPS) is 14.6. The third-order valence-electron chi connectivity index (χ3n) is 4.31. The Morgan fingerprint density at radius 1 is 0.931 bits per heavy atom. The van der Waals surface area contributed by atoms with Crippen molar-refractivity contribution < 1.29 is 36.3 Å². The van der Waals surface area contributed by atoms with E-state index in [1.807, 2.05) is 0 Å². The summed E-state index contributed by atoms with van der Waals surface area (Å²) in [5, 5.41) is 2.19. The summed E-state index contributed by atoms with van der Waals surface area (Å²) in [6, 6.07) is 4.67. The van der Waals surface area contributed by atoms with Crippen LogP contribution in [0.25, 0.3) is 0 Å². The number of alkyl halides is 2. The van der Waals surface area contributed by atoms with Crippen molar-refractivity contribution in [3.8, 4) is 0 Å². The van der Waals surface area contributed by atoms with Crippen LogP contribution in [0.4, 0.5) is 27.6 Å². The average Bonchev–Trinajstić information content (AvgIpc) is 2.71. The first kappa shape index (κ1) is 20.7. The highest BCUT2D eigenvalue weighted by Gasteiger charge is 2.46. The van der Waals surface area contributed by atoms with Gasteiger partial charge in [0.1, 0.15) is 5.82 Å². The van der Waals surface area contributed by atoms with Gasteiger partial charge in [0.15, 0.2) is 11.6 Å². The molecule has 5 nitrogen and oxygen atoms in total. The standard InChI is InChI=1S/C19H15F5N2O3/c20-14-3-1-11(17(27)25-12-2-4-15(21)16(22)10-12)9-13(14)19(23,24)18(28)26-5-7-29-8-6-26/h1-4,9-10H,5-8H2,(H,25,27). The van der Waals surface area contributed by atoms with Crippen LogP contribution in [0.5, 0.6) is 0 Å². The van der Waals surface area contributed by atoms with Crippen LogP contribution in [-0.2, 0) is 15.5 Å². The van der Waals surface area contributed by atoms with Crippen LogP contribution in [0.3, 0.4) is 0 Å². The fraction of sp³-hybridized carbons (Fsp3) is 0.263. The molecule has 1 heterocycles. The molecule has 1 saturated heterocycles. The Bertz CT molecular complexity index is 945. The number of morpholine rings is 1. The molecule has 0 spiro atoms. The molecule has 0 bridgehead atoms. The molecule has 1 N–H and O–H groups in total. The first-order chi connectivity index (χ1) is 13.7. The highest BCUT2D eigenvalue weighted by Crippen LogP contribution is 2.33. The monoisotopic (exact) mass is 414 g/mol. The van der Waals surface area contributed by atoms with Gasteiger partial charge in [0.25, 0.3) is 11.8 Å². The molecule has 0 aliphatic carbocycles. The van der Waals surface area contributed by atoms with E-state index in [1.165, 1.54) is 0 Å². The molecule has 1 aliphatic rings. The Labute approximate surface area is 162 Å². The summed E-state index contributed by atoms with van der Waals surface area (Å²) < 4.78 is 74.6. The average molecular weight is 414 g/mol. The minimum atomic E-state index is -4.21. The summed E-state index contributed by atoms with van der Waals surface area (Å²) in [7, 11) is 0. The number of hydrogen-bond acceptors (Lipinski definition) is 3.